The molecule has 3 N–H and O–H groups in total. The Morgan fingerprint density at radius 3 is 2.26 bits per heavy atom. The van der Waals surface area contributed by atoms with Crippen molar-refractivity contribution in [3.8, 4) is 0 Å². The number of fused-ring (bicyclic) bond motifs is 1. The molecule has 3 aliphatic heterocycles. The monoisotopic (exact) mass is 534 g/mol. The zero-order valence-electron chi connectivity index (χ0n) is 23.0. The normalized spacial score (nSPS) is 30.8. The van der Waals surface area contributed by atoms with Crippen LogP contribution in [0.3, 0.4) is 0 Å². The number of aliphatic hydroxyl groups excluding tert-OH is 1. The van der Waals surface area contributed by atoms with E-state index in [2.05, 4.69) is 29.4 Å². The summed E-state index contributed by atoms with van der Waals surface area (Å²) in [5.41, 5.74) is 0.230. The van der Waals surface area contributed by atoms with Crippen molar-refractivity contribution in [2.75, 3.05) is 41.8 Å². The van der Waals surface area contributed by atoms with Gasteiger partial charge in [-0.05, 0) is 69.5 Å². The summed E-state index contributed by atoms with van der Waals surface area (Å²) in [7, 11) is 0. The zero-order chi connectivity index (χ0) is 27.9. The Hall–Kier alpha value is -3.43. The van der Waals surface area contributed by atoms with E-state index in [0.29, 0.717) is 17.8 Å². The molecule has 0 aliphatic carbocycles. The Balaban J connectivity index is 1.46. The van der Waals surface area contributed by atoms with Gasteiger partial charge in [-0.15, -0.1) is 0 Å². The fourth-order valence-corrected chi connectivity index (χ4v) is 7.08. The van der Waals surface area contributed by atoms with Crippen molar-refractivity contribution in [1.82, 2.24) is 4.90 Å². The van der Waals surface area contributed by atoms with Gasteiger partial charge in [-0.3, -0.25) is 14.4 Å². The van der Waals surface area contributed by atoms with E-state index in [1.165, 1.54) is 4.90 Å². The van der Waals surface area contributed by atoms with Gasteiger partial charge in [0.1, 0.15) is 11.6 Å². The maximum atomic E-state index is 13.9. The van der Waals surface area contributed by atoms with E-state index in [0.717, 1.165) is 18.8 Å². The number of ether oxygens (including phenoxy) is 1. The highest BCUT2D eigenvalue weighted by atomic mass is 16.5. The smallest absolute Gasteiger partial charge is 0.250 e. The molecule has 3 aliphatic rings. The van der Waals surface area contributed by atoms with Crippen LogP contribution in [0.1, 0.15) is 34.1 Å². The van der Waals surface area contributed by atoms with Crippen molar-refractivity contribution < 1.29 is 24.2 Å². The van der Waals surface area contributed by atoms with Crippen molar-refractivity contribution in [2.45, 2.75) is 51.4 Å². The molecular formula is C30H38N4O5. The molecule has 0 aromatic heterocycles. The summed E-state index contributed by atoms with van der Waals surface area (Å²) in [5.74, 6) is -2.67. The molecule has 2 bridgehead atoms. The van der Waals surface area contributed by atoms with Crippen molar-refractivity contribution >= 4 is 34.8 Å². The number of carbonyl (C=O) groups is 3. The summed E-state index contributed by atoms with van der Waals surface area (Å²) in [6.07, 6.45) is 0.468. The minimum atomic E-state index is -1.16. The third kappa shape index (κ3) is 4.28. The number of nitrogens with one attached hydrogen (secondary N) is 2. The molecule has 39 heavy (non-hydrogen) atoms. The summed E-state index contributed by atoms with van der Waals surface area (Å²) in [6, 6.07) is 15.8. The average molecular weight is 535 g/mol. The standard InChI is InChI=1S/C30H38N4O5/c1-5-33(6-2)22-14-12-21(13-15-22)32-27(37)25-30-18-19(3)29(4,39-30)23(24(30)28(38)34(25)16-17-35)26(36)31-20-10-8-7-9-11-20/h7-15,19,23-25,35H,5-6,16-18H2,1-4H3,(H,31,36)(H,32,37)/t19?,23-,24+,25?,29+,30?/m1/s1. The molecule has 3 fully saturated rings. The van der Waals surface area contributed by atoms with Gasteiger partial charge in [0.15, 0.2) is 0 Å². The van der Waals surface area contributed by atoms with Crippen LogP contribution in [0.25, 0.3) is 0 Å². The van der Waals surface area contributed by atoms with Gasteiger partial charge in [0.2, 0.25) is 17.7 Å². The quantitative estimate of drug-likeness (QED) is 0.456. The number of rotatable bonds is 9. The van der Waals surface area contributed by atoms with Gasteiger partial charge in [-0.25, -0.2) is 0 Å². The first-order valence-corrected chi connectivity index (χ1v) is 13.8. The summed E-state index contributed by atoms with van der Waals surface area (Å²) >= 11 is 0. The molecule has 3 amide bonds. The van der Waals surface area contributed by atoms with Crippen LogP contribution in [0.15, 0.2) is 54.6 Å². The highest BCUT2D eigenvalue weighted by Gasteiger charge is 2.79. The minimum Gasteiger partial charge on any atom is -0.395 e. The first kappa shape index (κ1) is 27.1. The van der Waals surface area contributed by atoms with Gasteiger partial charge in [-0.1, -0.05) is 25.1 Å². The zero-order valence-corrected chi connectivity index (χ0v) is 23.0. The Labute approximate surface area is 229 Å². The number of nitrogens with zero attached hydrogens (tertiary/aromatic N) is 2. The topological polar surface area (TPSA) is 111 Å². The maximum absolute atomic E-state index is 13.9. The van der Waals surface area contributed by atoms with Crippen LogP contribution in [0.5, 0.6) is 0 Å². The van der Waals surface area contributed by atoms with Crippen LogP contribution in [0.2, 0.25) is 0 Å². The van der Waals surface area contributed by atoms with E-state index in [1.54, 1.807) is 12.1 Å². The van der Waals surface area contributed by atoms with Crippen LogP contribution in [-0.4, -0.2) is 71.2 Å². The molecule has 3 unspecified atom stereocenters. The fourth-order valence-electron chi connectivity index (χ4n) is 7.08. The lowest BCUT2D eigenvalue weighted by Gasteiger charge is -2.36. The van der Waals surface area contributed by atoms with Crippen molar-refractivity contribution in [1.29, 1.82) is 0 Å². The second kappa shape index (κ2) is 10.3. The van der Waals surface area contributed by atoms with E-state index in [1.807, 2.05) is 56.3 Å². The Morgan fingerprint density at radius 1 is 1.03 bits per heavy atom. The predicted octanol–water partition coefficient (Wildman–Crippen LogP) is 3.11. The van der Waals surface area contributed by atoms with Crippen molar-refractivity contribution in [3.05, 3.63) is 54.6 Å². The third-order valence-electron chi connectivity index (χ3n) is 8.99. The molecular weight excluding hydrogens is 496 g/mol. The van der Waals surface area contributed by atoms with Crippen molar-refractivity contribution in [3.63, 3.8) is 0 Å². The number of anilines is 3. The van der Waals surface area contributed by atoms with Gasteiger partial charge in [-0.2, -0.15) is 0 Å². The van der Waals surface area contributed by atoms with Crippen LogP contribution in [-0.2, 0) is 19.1 Å². The van der Waals surface area contributed by atoms with Crippen LogP contribution in [0, 0.1) is 17.8 Å². The number of likely N-dealkylation sites (tertiary alicyclic amines) is 1. The van der Waals surface area contributed by atoms with E-state index in [9.17, 15) is 19.5 Å². The molecule has 0 saturated carbocycles. The molecule has 6 atom stereocenters. The molecule has 9 nitrogen and oxygen atoms in total. The molecule has 208 valence electrons. The highest BCUT2D eigenvalue weighted by Crippen LogP contribution is 2.65. The van der Waals surface area contributed by atoms with E-state index in [-0.39, 0.29) is 36.8 Å². The van der Waals surface area contributed by atoms with Gasteiger partial charge in [0.25, 0.3) is 0 Å². The second-order valence-electron chi connectivity index (χ2n) is 11.0. The number of aliphatic hydroxyl groups is 1. The second-order valence-corrected chi connectivity index (χ2v) is 11.0. The van der Waals surface area contributed by atoms with Crippen LogP contribution >= 0.6 is 0 Å². The number of para-hydroxylation sites is 1. The van der Waals surface area contributed by atoms with Gasteiger partial charge < -0.3 is 30.3 Å². The molecule has 5 rings (SSSR count). The lowest BCUT2D eigenvalue weighted by molar-refractivity contribution is -0.144. The molecule has 9 heteroatoms. The van der Waals surface area contributed by atoms with E-state index < -0.39 is 29.1 Å². The minimum absolute atomic E-state index is 0.0163. The molecule has 3 heterocycles. The SMILES string of the molecule is CCN(CC)c1ccc(NC(=O)C2N(CCO)C(=O)[C@@H]3[C@H](C(=O)Nc4ccccc4)[C@@]4(C)OC23CC4C)cc1. The average Bonchev–Trinajstić information content (AvgIpc) is 3.43. The summed E-state index contributed by atoms with van der Waals surface area (Å²) in [5, 5.41) is 15.8. The third-order valence-corrected chi connectivity index (χ3v) is 8.99. The summed E-state index contributed by atoms with van der Waals surface area (Å²) in [4.78, 5) is 45.1. The Morgan fingerprint density at radius 2 is 1.64 bits per heavy atom. The Bertz CT molecular complexity index is 1230. The maximum Gasteiger partial charge on any atom is 0.250 e. The number of β-amino-alcohol motifs (C(OH)–C–C–N with tert-alkyl or cyclic N) is 1. The Kier molecular flexibility index (Phi) is 7.15. The first-order valence-electron chi connectivity index (χ1n) is 13.8. The molecule has 2 aromatic carbocycles. The lowest BCUT2D eigenvalue weighted by Crippen LogP contribution is -2.54. The highest BCUT2D eigenvalue weighted by molar-refractivity contribution is 6.05. The predicted molar refractivity (Wildman–Crippen MR) is 149 cm³/mol. The number of amides is 3. The number of hydrogen-bond donors (Lipinski definition) is 3. The summed E-state index contributed by atoms with van der Waals surface area (Å²) in [6.45, 7) is 9.50. The molecule has 1 spiro atoms. The lowest BCUT2D eigenvalue weighted by atomic mass is 9.62. The van der Waals surface area contributed by atoms with Gasteiger partial charge in [0.05, 0.1) is 24.0 Å². The fraction of sp³-hybridized carbons (Fsp3) is 0.500. The summed E-state index contributed by atoms with van der Waals surface area (Å²) < 4.78 is 6.68. The van der Waals surface area contributed by atoms with E-state index >= 15 is 0 Å². The van der Waals surface area contributed by atoms with Gasteiger partial charge >= 0.3 is 0 Å². The van der Waals surface area contributed by atoms with Crippen LogP contribution < -0.4 is 15.5 Å². The molecule has 0 radical (unpaired) electrons. The van der Waals surface area contributed by atoms with E-state index in [4.69, 9.17) is 4.74 Å². The number of hydrogen-bond acceptors (Lipinski definition) is 6. The molecule has 3 saturated heterocycles. The molecule has 2 aromatic rings. The number of benzene rings is 2. The first-order chi connectivity index (χ1) is 18.7. The van der Waals surface area contributed by atoms with Crippen LogP contribution in [0.4, 0.5) is 17.1 Å². The number of carbonyl (C=O) groups excluding carboxylic acids is 3. The van der Waals surface area contributed by atoms with Gasteiger partial charge in [0, 0.05) is 36.7 Å². The largest absolute Gasteiger partial charge is 0.395 e. The van der Waals surface area contributed by atoms with Crippen molar-refractivity contribution in [2.24, 2.45) is 17.8 Å².